The molecule has 5 rings (SSSR count). The third kappa shape index (κ3) is 8.95. The summed E-state index contributed by atoms with van der Waals surface area (Å²) in [4.78, 5) is 42.9. The van der Waals surface area contributed by atoms with Gasteiger partial charge in [-0.15, -0.1) is 0 Å². The van der Waals surface area contributed by atoms with Crippen molar-refractivity contribution in [2.24, 2.45) is 29.4 Å². The summed E-state index contributed by atoms with van der Waals surface area (Å²) in [5, 5.41) is 3.76. The van der Waals surface area contributed by atoms with Crippen LogP contribution >= 0.6 is 0 Å². The first-order valence-corrected chi connectivity index (χ1v) is 18.2. The molecule has 1 aromatic heterocycles. The summed E-state index contributed by atoms with van der Waals surface area (Å²) in [6, 6.07) is 6.16. The smallest absolute Gasteiger partial charge is 0.374 e. The standard InChI is InChI=1S/C37H54FN3O7/c1-3-45-22-29(23-46-4-2)47-37(44)33-21-27-20-28(14-15-32(27)48-33)40-35(42)34-30(24-8-6-5-7-9-24)17-19-41(34)36(43)26-12-10-25(11-13-26)31(39)16-18-38/h14-15,20-21,24-26,29-31,34H,3-13,16-19,22-23,39H2,1-2H3,(H,40,42)/t25-,26-,30-,31+,34-/m0/s1. The number of nitrogens with two attached hydrogens (primary N) is 1. The third-order valence-electron chi connectivity index (χ3n) is 10.7. The van der Waals surface area contributed by atoms with E-state index in [1.165, 1.54) is 6.42 Å². The van der Waals surface area contributed by atoms with Gasteiger partial charge in [-0.3, -0.25) is 14.0 Å². The van der Waals surface area contributed by atoms with Crippen LogP contribution in [0.4, 0.5) is 10.1 Å². The maximum Gasteiger partial charge on any atom is 0.374 e. The average molecular weight is 672 g/mol. The first-order chi connectivity index (χ1) is 23.3. The predicted octanol–water partition coefficient (Wildman–Crippen LogP) is 6.26. The summed E-state index contributed by atoms with van der Waals surface area (Å²) in [6.07, 6.45) is 9.41. The number of nitrogens with one attached hydrogen (secondary N) is 1. The van der Waals surface area contributed by atoms with Gasteiger partial charge in [0.25, 0.3) is 0 Å². The summed E-state index contributed by atoms with van der Waals surface area (Å²) in [5.41, 5.74) is 7.28. The van der Waals surface area contributed by atoms with Crippen molar-refractivity contribution >= 4 is 34.4 Å². The Balaban J connectivity index is 1.28. The molecule has 0 unspecified atom stereocenters. The summed E-state index contributed by atoms with van der Waals surface area (Å²) in [6.45, 7) is 5.33. The van der Waals surface area contributed by atoms with Crippen molar-refractivity contribution in [3.8, 4) is 0 Å². The van der Waals surface area contributed by atoms with E-state index in [1.54, 1.807) is 24.3 Å². The van der Waals surface area contributed by atoms with Crippen molar-refractivity contribution in [2.75, 3.05) is 45.0 Å². The molecule has 48 heavy (non-hydrogen) atoms. The van der Waals surface area contributed by atoms with Crippen LogP contribution in [0.3, 0.4) is 0 Å². The van der Waals surface area contributed by atoms with Crippen molar-refractivity contribution in [2.45, 2.75) is 103 Å². The van der Waals surface area contributed by atoms with E-state index in [2.05, 4.69) is 5.32 Å². The Kier molecular flexibility index (Phi) is 13.3. The van der Waals surface area contributed by atoms with Gasteiger partial charge in [0.05, 0.1) is 19.9 Å². The number of carbonyl (C=O) groups excluding carboxylic acids is 3. The summed E-state index contributed by atoms with van der Waals surface area (Å²) < 4.78 is 35.2. The normalized spacial score (nSPS) is 24.2. The molecule has 2 aliphatic carbocycles. The first-order valence-electron chi connectivity index (χ1n) is 18.2. The molecule has 3 atom stereocenters. The van der Waals surface area contributed by atoms with E-state index in [9.17, 15) is 18.8 Å². The van der Waals surface area contributed by atoms with Gasteiger partial charge in [-0.05, 0) is 94.4 Å². The maximum absolute atomic E-state index is 14.1. The zero-order valence-corrected chi connectivity index (χ0v) is 28.6. The Hall–Kier alpha value is -3.02. The zero-order valence-electron chi connectivity index (χ0n) is 28.6. The van der Waals surface area contributed by atoms with Gasteiger partial charge < -0.3 is 34.6 Å². The number of amides is 2. The SMILES string of the molecule is CCOCC(COCC)OC(=O)c1cc2cc(NC(=O)[C@@H]3[C@H](C4CCCCC4)CCN3C(=O)[C@H]3CC[C@H]([C@H](N)CCF)CC3)ccc2o1. The molecule has 0 radical (unpaired) electrons. The molecular formula is C37H54FN3O7. The number of rotatable bonds is 15. The van der Waals surface area contributed by atoms with Crippen LogP contribution in [0.5, 0.6) is 0 Å². The van der Waals surface area contributed by atoms with Crippen LogP contribution in [-0.4, -0.2) is 80.5 Å². The summed E-state index contributed by atoms with van der Waals surface area (Å²) in [5.74, 6) is -0.0408. The molecular weight excluding hydrogens is 617 g/mol. The number of halogens is 1. The average Bonchev–Trinajstić information content (AvgIpc) is 3.75. The molecule has 3 fully saturated rings. The molecule has 10 nitrogen and oxygen atoms in total. The van der Waals surface area contributed by atoms with E-state index < -0.39 is 24.8 Å². The van der Waals surface area contributed by atoms with Crippen LogP contribution in [0.2, 0.25) is 0 Å². The Labute approximate surface area is 283 Å². The van der Waals surface area contributed by atoms with E-state index in [1.807, 2.05) is 18.7 Å². The number of anilines is 1. The highest BCUT2D eigenvalue weighted by Gasteiger charge is 2.47. The number of alkyl halides is 1. The van der Waals surface area contributed by atoms with E-state index >= 15 is 0 Å². The number of likely N-dealkylation sites (tertiary alicyclic amines) is 1. The number of fused-ring (bicyclic) bond motifs is 1. The minimum absolute atomic E-state index is 0.0526. The summed E-state index contributed by atoms with van der Waals surface area (Å²) >= 11 is 0. The lowest BCUT2D eigenvalue weighted by atomic mass is 9.76. The minimum atomic E-state index is -0.616. The Morgan fingerprint density at radius 3 is 2.35 bits per heavy atom. The highest BCUT2D eigenvalue weighted by Crippen LogP contribution is 2.41. The number of nitrogens with zero attached hydrogens (tertiary/aromatic N) is 1. The second-order valence-corrected chi connectivity index (χ2v) is 13.8. The number of ether oxygens (including phenoxy) is 3. The van der Waals surface area contributed by atoms with Crippen molar-refractivity contribution in [3.05, 3.63) is 30.0 Å². The van der Waals surface area contributed by atoms with Crippen LogP contribution in [0, 0.1) is 23.7 Å². The van der Waals surface area contributed by atoms with E-state index in [4.69, 9.17) is 24.4 Å². The highest BCUT2D eigenvalue weighted by atomic mass is 19.1. The van der Waals surface area contributed by atoms with Gasteiger partial charge in [0.1, 0.15) is 17.7 Å². The lowest BCUT2D eigenvalue weighted by Gasteiger charge is -2.37. The van der Waals surface area contributed by atoms with E-state index in [0.29, 0.717) is 48.8 Å². The van der Waals surface area contributed by atoms with E-state index in [0.717, 1.165) is 57.8 Å². The lowest BCUT2D eigenvalue weighted by Crippen LogP contribution is -2.50. The van der Waals surface area contributed by atoms with Crippen LogP contribution < -0.4 is 11.1 Å². The predicted molar refractivity (Wildman–Crippen MR) is 181 cm³/mol. The van der Waals surface area contributed by atoms with Crippen molar-refractivity contribution in [1.29, 1.82) is 0 Å². The molecule has 3 aliphatic rings. The Bertz CT molecular complexity index is 1350. The number of hydrogen-bond acceptors (Lipinski definition) is 8. The largest absolute Gasteiger partial charge is 0.452 e. The fraction of sp³-hybridized carbons (Fsp3) is 0.703. The Morgan fingerprint density at radius 1 is 0.979 bits per heavy atom. The topological polar surface area (TPSA) is 133 Å². The molecule has 0 spiro atoms. The van der Waals surface area contributed by atoms with Crippen molar-refractivity contribution < 1.29 is 37.4 Å². The zero-order chi connectivity index (χ0) is 34.0. The number of benzene rings is 1. The first kappa shape index (κ1) is 36.3. The molecule has 3 N–H and O–H groups in total. The van der Waals surface area contributed by atoms with Gasteiger partial charge >= 0.3 is 5.97 Å². The fourth-order valence-electron chi connectivity index (χ4n) is 8.11. The van der Waals surface area contributed by atoms with Gasteiger partial charge in [-0.25, -0.2) is 4.79 Å². The monoisotopic (exact) mass is 671 g/mol. The van der Waals surface area contributed by atoms with Gasteiger partial charge in [0, 0.05) is 42.8 Å². The molecule has 1 aliphatic heterocycles. The fourth-order valence-corrected chi connectivity index (χ4v) is 8.11. The molecule has 1 saturated heterocycles. The third-order valence-corrected chi connectivity index (χ3v) is 10.7. The molecule has 11 heteroatoms. The number of carbonyl (C=O) groups is 3. The van der Waals surface area contributed by atoms with Crippen LogP contribution in [0.1, 0.15) is 95.0 Å². The van der Waals surface area contributed by atoms with Gasteiger partial charge in [0.2, 0.25) is 17.6 Å². The number of esters is 1. The van der Waals surface area contributed by atoms with Crippen molar-refractivity contribution in [1.82, 2.24) is 4.90 Å². The van der Waals surface area contributed by atoms with Crippen LogP contribution in [0.25, 0.3) is 11.0 Å². The number of hydrogen-bond donors (Lipinski definition) is 2. The molecule has 266 valence electrons. The molecule has 2 aromatic rings. The second kappa shape index (κ2) is 17.6. The molecule has 0 bridgehead atoms. The maximum atomic E-state index is 14.1. The molecule has 2 heterocycles. The van der Waals surface area contributed by atoms with Gasteiger partial charge in [-0.2, -0.15) is 0 Å². The van der Waals surface area contributed by atoms with Crippen molar-refractivity contribution in [3.63, 3.8) is 0 Å². The van der Waals surface area contributed by atoms with Crippen LogP contribution in [0.15, 0.2) is 28.7 Å². The molecule has 1 aromatic carbocycles. The number of furan rings is 1. The van der Waals surface area contributed by atoms with Crippen LogP contribution in [-0.2, 0) is 23.8 Å². The van der Waals surface area contributed by atoms with Gasteiger partial charge in [0.15, 0.2) is 0 Å². The van der Waals surface area contributed by atoms with Gasteiger partial charge in [-0.1, -0.05) is 32.1 Å². The lowest BCUT2D eigenvalue weighted by molar-refractivity contribution is -0.142. The van der Waals surface area contributed by atoms with E-state index in [-0.39, 0.29) is 54.6 Å². The Morgan fingerprint density at radius 2 is 1.69 bits per heavy atom. The minimum Gasteiger partial charge on any atom is -0.452 e. The quantitative estimate of drug-likeness (QED) is 0.212. The molecule has 2 saturated carbocycles. The highest BCUT2D eigenvalue weighted by molar-refractivity contribution is 6.00. The summed E-state index contributed by atoms with van der Waals surface area (Å²) in [7, 11) is 0. The molecule has 2 amide bonds. The second-order valence-electron chi connectivity index (χ2n) is 13.8.